The van der Waals surface area contributed by atoms with E-state index in [1.807, 2.05) is 0 Å². The minimum absolute atomic E-state index is 0.103. The van der Waals surface area contributed by atoms with Crippen molar-refractivity contribution in [1.29, 1.82) is 0 Å². The van der Waals surface area contributed by atoms with Crippen molar-refractivity contribution >= 4 is 0 Å². The molecular formula is C23H23F13O6. The number of methoxy groups -OCH3 is 1. The van der Waals surface area contributed by atoms with Crippen LogP contribution < -0.4 is 0 Å². The van der Waals surface area contributed by atoms with E-state index < -0.39 is 92.0 Å². The van der Waals surface area contributed by atoms with Gasteiger partial charge in [0, 0.05) is 19.1 Å². The van der Waals surface area contributed by atoms with Crippen molar-refractivity contribution in [2.75, 3.05) is 13.7 Å². The average Bonchev–Trinajstić information content (AvgIpc) is 2.89. The van der Waals surface area contributed by atoms with E-state index in [-0.39, 0.29) is 17.7 Å². The van der Waals surface area contributed by atoms with Crippen LogP contribution in [-0.4, -0.2) is 90.4 Å². The number of benzene rings is 1. The van der Waals surface area contributed by atoms with Gasteiger partial charge in [-0.15, -0.1) is 0 Å². The molecule has 0 aliphatic carbocycles. The number of alkyl halides is 13. The molecule has 2 N–H and O–H groups in total. The lowest BCUT2D eigenvalue weighted by Gasteiger charge is -2.45. The summed E-state index contributed by atoms with van der Waals surface area (Å²) >= 11 is 0. The van der Waals surface area contributed by atoms with Crippen LogP contribution in [0.15, 0.2) is 24.3 Å². The lowest BCUT2D eigenvalue weighted by molar-refractivity contribution is -0.440. The van der Waals surface area contributed by atoms with Gasteiger partial charge >= 0.3 is 35.8 Å². The molecule has 242 valence electrons. The number of rotatable bonds is 10. The molecule has 6 atom stereocenters. The van der Waals surface area contributed by atoms with Gasteiger partial charge in [-0.2, -0.15) is 57.1 Å². The van der Waals surface area contributed by atoms with E-state index in [2.05, 4.69) is 0 Å². The summed E-state index contributed by atoms with van der Waals surface area (Å²) < 4.78 is 193. The van der Waals surface area contributed by atoms with Crippen LogP contribution in [0, 0.1) is 0 Å². The first-order valence-corrected chi connectivity index (χ1v) is 11.9. The summed E-state index contributed by atoms with van der Waals surface area (Å²) in [6.07, 6.45) is -18.5. The molecule has 19 heteroatoms. The summed E-state index contributed by atoms with van der Waals surface area (Å²) in [5, 5.41) is 20.3. The number of hydrogen-bond acceptors (Lipinski definition) is 6. The van der Waals surface area contributed by atoms with E-state index in [1.54, 1.807) is 0 Å². The van der Waals surface area contributed by atoms with Gasteiger partial charge in [0.25, 0.3) is 0 Å². The highest BCUT2D eigenvalue weighted by atomic mass is 19.4. The van der Waals surface area contributed by atoms with Crippen molar-refractivity contribution in [3.63, 3.8) is 0 Å². The van der Waals surface area contributed by atoms with E-state index >= 15 is 0 Å². The number of fused-ring (bicyclic) bond motifs is 1. The second kappa shape index (κ2) is 11.5. The molecule has 6 nitrogen and oxygen atoms in total. The number of halogens is 13. The Morgan fingerprint density at radius 2 is 1.31 bits per heavy atom. The van der Waals surface area contributed by atoms with Crippen LogP contribution in [0.25, 0.3) is 0 Å². The SMILES string of the molecule is CO[C@H]1O[C@@H]2COC(c3ccc(CCCC(F)(F)C(F)(F)C(F)(F)C(F)(F)C(F)(F)C(F)(F)F)cc3)O[C@@H]2[C@H](O)[C@H]1O. The largest absolute Gasteiger partial charge is 0.460 e. The molecule has 2 aliphatic rings. The molecular weight excluding hydrogens is 619 g/mol. The van der Waals surface area contributed by atoms with Crippen LogP contribution in [0.2, 0.25) is 0 Å². The van der Waals surface area contributed by atoms with Gasteiger partial charge < -0.3 is 29.2 Å². The maximum atomic E-state index is 14.0. The fourth-order valence-electron chi connectivity index (χ4n) is 4.26. The summed E-state index contributed by atoms with van der Waals surface area (Å²) in [6, 6.07) is 5.04. The molecule has 2 saturated heterocycles. The minimum atomic E-state index is -7.92. The number of aliphatic hydroxyl groups is 2. The maximum Gasteiger partial charge on any atom is 0.460 e. The molecule has 2 heterocycles. The van der Waals surface area contributed by atoms with Gasteiger partial charge in [0.2, 0.25) is 0 Å². The van der Waals surface area contributed by atoms with Crippen LogP contribution >= 0.6 is 0 Å². The van der Waals surface area contributed by atoms with Gasteiger partial charge in [0.15, 0.2) is 12.6 Å². The molecule has 1 aromatic carbocycles. The lowest BCUT2D eigenvalue weighted by Crippen LogP contribution is -2.70. The van der Waals surface area contributed by atoms with Crippen molar-refractivity contribution in [2.24, 2.45) is 0 Å². The number of aryl methyl sites for hydroxylation is 1. The van der Waals surface area contributed by atoms with Crippen molar-refractivity contribution < 1.29 is 86.2 Å². The summed E-state index contributed by atoms with van der Waals surface area (Å²) in [5.41, 5.74) is 0.378. The van der Waals surface area contributed by atoms with Crippen molar-refractivity contribution in [2.45, 2.75) is 92.0 Å². The Kier molecular flexibility index (Phi) is 9.49. The van der Waals surface area contributed by atoms with Gasteiger partial charge in [0.05, 0.1) is 6.61 Å². The predicted octanol–water partition coefficient (Wildman–Crippen LogP) is 5.26. The van der Waals surface area contributed by atoms with Crippen molar-refractivity contribution in [3.8, 4) is 0 Å². The standard InChI is InChI=1S/C23H23F13O6/c1-39-17-14(38)13(37)15-12(41-17)9-40-16(42-15)11-6-4-10(5-7-11)3-2-8-18(24,25)19(26,27)20(28,29)21(30,31)22(32,33)23(34,35)36/h4-7,12-17,37-38H,2-3,8-9H2,1H3/t12-,13-,14-,15+,16?,17+/m1/s1. The first-order chi connectivity index (χ1) is 19.0. The zero-order valence-corrected chi connectivity index (χ0v) is 21.0. The highest BCUT2D eigenvalue weighted by molar-refractivity contribution is 5.24. The monoisotopic (exact) mass is 642 g/mol. The molecule has 0 aromatic heterocycles. The molecule has 0 saturated carbocycles. The third kappa shape index (κ3) is 5.79. The van der Waals surface area contributed by atoms with Gasteiger partial charge in [-0.1, -0.05) is 24.3 Å². The quantitative estimate of drug-likeness (QED) is 0.340. The second-order valence-corrected chi connectivity index (χ2v) is 9.62. The zero-order valence-electron chi connectivity index (χ0n) is 21.0. The molecule has 0 bridgehead atoms. The lowest BCUT2D eigenvalue weighted by atomic mass is 9.91. The molecule has 1 unspecified atom stereocenters. The summed E-state index contributed by atoms with van der Waals surface area (Å²) in [5.74, 6) is -36.9. The van der Waals surface area contributed by atoms with E-state index in [4.69, 9.17) is 18.9 Å². The number of hydrogen-bond donors (Lipinski definition) is 2. The molecule has 2 fully saturated rings. The van der Waals surface area contributed by atoms with E-state index in [0.29, 0.717) is 0 Å². The van der Waals surface area contributed by atoms with Crippen LogP contribution in [0.1, 0.15) is 30.3 Å². The highest BCUT2D eigenvalue weighted by Gasteiger charge is 2.90. The summed E-state index contributed by atoms with van der Waals surface area (Å²) in [6.45, 7) is -0.122. The van der Waals surface area contributed by atoms with Gasteiger partial charge in [0.1, 0.15) is 24.4 Å². The highest BCUT2D eigenvalue weighted by Crippen LogP contribution is 2.60. The fourth-order valence-corrected chi connectivity index (χ4v) is 4.26. The fraction of sp³-hybridized carbons (Fsp3) is 0.739. The van der Waals surface area contributed by atoms with Crippen LogP contribution in [-0.2, 0) is 25.4 Å². The molecule has 0 radical (unpaired) electrons. The smallest absolute Gasteiger partial charge is 0.387 e. The minimum Gasteiger partial charge on any atom is -0.387 e. The molecule has 1 aromatic rings. The van der Waals surface area contributed by atoms with Crippen LogP contribution in [0.3, 0.4) is 0 Å². The Morgan fingerprint density at radius 1 is 0.762 bits per heavy atom. The van der Waals surface area contributed by atoms with Gasteiger partial charge in [-0.3, -0.25) is 0 Å². The maximum absolute atomic E-state index is 14.0. The van der Waals surface area contributed by atoms with Gasteiger partial charge in [-0.05, 0) is 18.4 Å². The Bertz CT molecular complexity index is 1060. The Balaban J connectivity index is 1.63. The molecule has 2 aliphatic heterocycles. The predicted molar refractivity (Wildman–Crippen MR) is 111 cm³/mol. The topological polar surface area (TPSA) is 77.4 Å². The Morgan fingerprint density at radius 3 is 1.83 bits per heavy atom. The summed E-state index contributed by atoms with van der Waals surface area (Å²) in [7, 11) is 1.23. The van der Waals surface area contributed by atoms with E-state index in [1.165, 1.54) is 31.4 Å². The van der Waals surface area contributed by atoms with Gasteiger partial charge in [-0.25, -0.2) is 0 Å². The van der Waals surface area contributed by atoms with Crippen molar-refractivity contribution in [1.82, 2.24) is 0 Å². The Labute approximate surface area is 228 Å². The van der Waals surface area contributed by atoms with E-state index in [0.717, 1.165) is 0 Å². The summed E-state index contributed by atoms with van der Waals surface area (Å²) in [4.78, 5) is 0. The number of aliphatic hydroxyl groups excluding tert-OH is 2. The molecule has 3 rings (SSSR count). The molecule has 42 heavy (non-hydrogen) atoms. The van der Waals surface area contributed by atoms with Crippen LogP contribution in [0.4, 0.5) is 57.1 Å². The van der Waals surface area contributed by atoms with Crippen molar-refractivity contribution in [3.05, 3.63) is 35.4 Å². The first-order valence-electron chi connectivity index (χ1n) is 11.9. The normalized spacial score (nSPS) is 28.5. The molecule has 0 spiro atoms. The van der Waals surface area contributed by atoms with E-state index in [9.17, 15) is 67.3 Å². The second-order valence-electron chi connectivity index (χ2n) is 9.62. The first kappa shape index (κ1) is 34.6. The molecule has 0 amide bonds. The number of ether oxygens (including phenoxy) is 4. The average molecular weight is 642 g/mol. The third-order valence-corrected chi connectivity index (χ3v) is 6.77. The third-order valence-electron chi connectivity index (χ3n) is 6.77. The zero-order chi connectivity index (χ0) is 32.1. The van der Waals surface area contributed by atoms with Crippen LogP contribution in [0.5, 0.6) is 0 Å². The Hall–Kier alpha value is -1.93.